The van der Waals surface area contributed by atoms with Gasteiger partial charge in [-0.05, 0) is 18.6 Å². The maximum absolute atomic E-state index is 13.5. The lowest BCUT2D eigenvalue weighted by atomic mass is 10.2. The van der Waals surface area contributed by atoms with Gasteiger partial charge in [0.2, 0.25) is 0 Å². The summed E-state index contributed by atoms with van der Waals surface area (Å²) in [7, 11) is 0. The molecule has 1 saturated heterocycles. The second-order valence-electron chi connectivity index (χ2n) is 5.54. The number of halogens is 1. The molecule has 4 nitrogen and oxygen atoms in total. The number of hydrogen-bond acceptors (Lipinski definition) is 4. The summed E-state index contributed by atoms with van der Waals surface area (Å²) in [6.45, 7) is 5.93. The van der Waals surface area contributed by atoms with Gasteiger partial charge >= 0.3 is 0 Å². The summed E-state index contributed by atoms with van der Waals surface area (Å²) in [6, 6.07) is 8.56. The lowest BCUT2D eigenvalue weighted by Crippen LogP contribution is -2.44. The van der Waals surface area contributed by atoms with Crippen molar-refractivity contribution in [1.82, 2.24) is 15.3 Å². The predicted molar refractivity (Wildman–Crippen MR) is 86.5 cm³/mol. The molecule has 1 aromatic carbocycles. The van der Waals surface area contributed by atoms with Crippen LogP contribution in [0.2, 0.25) is 0 Å². The molecule has 22 heavy (non-hydrogen) atoms. The number of nitrogens with one attached hydrogen (secondary N) is 1. The topological polar surface area (TPSA) is 41.0 Å². The Kier molecular flexibility index (Phi) is 4.63. The smallest absolute Gasteiger partial charge is 0.161 e. The quantitative estimate of drug-likeness (QED) is 0.942. The highest BCUT2D eigenvalue weighted by atomic mass is 19.1. The Labute approximate surface area is 130 Å². The summed E-state index contributed by atoms with van der Waals surface area (Å²) in [5.74, 6) is 1.30. The van der Waals surface area contributed by atoms with Crippen LogP contribution in [0.1, 0.15) is 19.0 Å². The maximum atomic E-state index is 13.5. The molecule has 0 unspecified atom stereocenters. The Morgan fingerprint density at radius 3 is 2.73 bits per heavy atom. The normalized spacial score (nSPS) is 15.1. The molecule has 0 saturated carbocycles. The van der Waals surface area contributed by atoms with Crippen LogP contribution in [0.5, 0.6) is 0 Å². The van der Waals surface area contributed by atoms with Gasteiger partial charge in [0, 0.05) is 43.5 Å². The first-order valence-corrected chi connectivity index (χ1v) is 7.86. The third kappa shape index (κ3) is 3.42. The minimum atomic E-state index is -0.259. The highest BCUT2D eigenvalue weighted by Crippen LogP contribution is 2.22. The third-order valence-electron chi connectivity index (χ3n) is 3.80. The van der Waals surface area contributed by atoms with E-state index >= 15 is 0 Å². The fraction of sp³-hybridized carbons (Fsp3) is 0.412. The molecule has 1 aromatic heterocycles. The zero-order valence-electron chi connectivity index (χ0n) is 12.8. The summed E-state index contributed by atoms with van der Waals surface area (Å²) in [5, 5.41) is 3.34. The largest absolute Gasteiger partial charge is 0.354 e. The van der Waals surface area contributed by atoms with E-state index in [0.717, 1.165) is 56.1 Å². The average Bonchev–Trinajstić information content (AvgIpc) is 2.56. The second-order valence-corrected chi connectivity index (χ2v) is 5.54. The van der Waals surface area contributed by atoms with E-state index in [-0.39, 0.29) is 5.82 Å². The number of rotatable bonds is 4. The lowest BCUT2D eigenvalue weighted by molar-refractivity contribution is 0.584. The molecule has 1 aliphatic rings. The van der Waals surface area contributed by atoms with Crippen molar-refractivity contribution in [1.29, 1.82) is 0 Å². The number of nitrogens with zero attached hydrogens (tertiary/aromatic N) is 3. The second kappa shape index (κ2) is 6.83. The Balaban J connectivity index is 1.99. The molecule has 2 heterocycles. The molecule has 1 fully saturated rings. The standard InChI is InChI=1S/C17H21FN4/c1-2-4-15-12-16(22-9-7-19-8-10-22)21-17(20-15)13-5-3-6-14(18)11-13/h3,5-6,11-12,19H,2,4,7-10H2,1H3. The first kappa shape index (κ1) is 14.9. The fourth-order valence-corrected chi connectivity index (χ4v) is 2.68. The van der Waals surface area contributed by atoms with Gasteiger partial charge in [-0.3, -0.25) is 0 Å². The molecule has 0 spiro atoms. The monoisotopic (exact) mass is 300 g/mol. The van der Waals surface area contributed by atoms with Gasteiger partial charge < -0.3 is 10.2 Å². The molecule has 1 aliphatic heterocycles. The zero-order chi connectivity index (χ0) is 15.4. The molecule has 2 aromatic rings. The van der Waals surface area contributed by atoms with E-state index in [1.54, 1.807) is 6.07 Å². The molecule has 0 bridgehead atoms. The van der Waals surface area contributed by atoms with Gasteiger partial charge in [0.1, 0.15) is 11.6 Å². The minimum absolute atomic E-state index is 0.259. The molecular formula is C17H21FN4. The van der Waals surface area contributed by atoms with E-state index in [0.29, 0.717) is 5.82 Å². The number of anilines is 1. The van der Waals surface area contributed by atoms with Crippen LogP contribution in [0.25, 0.3) is 11.4 Å². The van der Waals surface area contributed by atoms with Gasteiger partial charge in [0.15, 0.2) is 5.82 Å². The van der Waals surface area contributed by atoms with Crippen LogP contribution >= 0.6 is 0 Å². The first-order valence-electron chi connectivity index (χ1n) is 7.86. The fourth-order valence-electron chi connectivity index (χ4n) is 2.68. The SMILES string of the molecule is CCCc1cc(N2CCNCC2)nc(-c2cccc(F)c2)n1. The summed E-state index contributed by atoms with van der Waals surface area (Å²) < 4.78 is 13.5. The van der Waals surface area contributed by atoms with Gasteiger partial charge in [-0.1, -0.05) is 25.5 Å². The van der Waals surface area contributed by atoms with E-state index in [4.69, 9.17) is 0 Å². The third-order valence-corrected chi connectivity index (χ3v) is 3.80. The van der Waals surface area contributed by atoms with Crippen molar-refractivity contribution in [2.45, 2.75) is 19.8 Å². The molecule has 0 radical (unpaired) electrons. The van der Waals surface area contributed by atoms with Crippen LogP contribution in [0, 0.1) is 5.82 Å². The van der Waals surface area contributed by atoms with Crippen LogP contribution in [-0.4, -0.2) is 36.1 Å². The van der Waals surface area contributed by atoms with Crippen LogP contribution in [0.4, 0.5) is 10.2 Å². The number of piperazine rings is 1. The highest BCUT2D eigenvalue weighted by Gasteiger charge is 2.15. The molecule has 5 heteroatoms. The van der Waals surface area contributed by atoms with Gasteiger partial charge in [-0.2, -0.15) is 0 Å². The number of benzene rings is 1. The summed E-state index contributed by atoms with van der Waals surface area (Å²) in [4.78, 5) is 11.5. The van der Waals surface area contributed by atoms with Crippen molar-refractivity contribution in [3.63, 3.8) is 0 Å². The number of hydrogen-bond donors (Lipinski definition) is 1. The van der Waals surface area contributed by atoms with Crippen LogP contribution in [-0.2, 0) is 6.42 Å². The van der Waals surface area contributed by atoms with E-state index in [2.05, 4.69) is 33.2 Å². The Bertz CT molecular complexity index is 638. The van der Waals surface area contributed by atoms with Crippen molar-refractivity contribution in [3.05, 3.63) is 41.8 Å². The Hall–Kier alpha value is -2.01. The molecular weight excluding hydrogens is 279 g/mol. The maximum Gasteiger partial charge on any atom is 0.161 e. The van der Waals surface area contributed by atoms with Crippen molar-refractivity contribution in [2.75, 3.05) is 31.1 Å². The van der Waals surface area contributed by atoms with Gasteiger partial charge in [-0.25, -0.2) is 14.4 Å². The summed E-state index contributed by atoms with van der Waals surface area (Å²) >= 11 is 0. The number of aryl methyl sites for hydroxylation is 1. The van der Waals surface area contributed by atoms with E-state index in [1.165, 1.54) is 12.1 Å². The minimum Gasteiger partial charge on any atom is -0.354 e. The Morgan fingerprint density at radius 1 is 1.18 bits per heavy atom. The predicted octanol–water partition coefficient (Wildman–Crippen LogP) is 2.64. The molecule has 0 amide bonds. The van der Waals surface area contributed by atoms with Crippen LogP contribution in [0.15, 0.2) is 30.3 Å². The van der Waals surface area contributed by atoms with E-state index in [1.807, 2.05) is 6.07 Å². The van der Waals surface area contributed by atoms with E-state index < -0.39 is 0 Å². The zero-order valence-corrected chi connectivity index (χ0v) is 12.8. The summed E-state index contributed by atoms with van der Waals surface area (Å²) in [5.41, 5.74) is 1.75. The lowest BCUT2D eigenvalue weighted by Gasteiger charge is -2.28. The molecule has 116 valence electrons. The van der Waals surface area contributed by atoms with Crippen molar-refractivity contribution >= 4 is 5.82 Å². The average molecular weight is 300 g/mol. The molecule has 1 N–H and O–H groups in total. The van der Waals surface area contributed by atoms with Crippen molar-refractivity contribution < 1.29 is 4.39 Å². The number of aromatic nitrogens is 2. The Morgan fingerprint density at radius 2 is 2.00 bits per heavy atom. The summed E-state index contributed by atoms with van der Waals surface area (Å²) in [6.07, 6.45) is 1.94. The van der Waals surface area contributed by atoms with E-state index in [9.17, 15) is 4.39 Å². The van der Waals surface area contributed by atoms with Crippen molar-refractivity contribution in [2.24, 2.45) is 0 Å². The van der Waals surface area contributed by atoms with Gasteiger partial charge in [-0.15, -0.1) is 0 Å². The van der Waals surface area contributed by atoms with Crippen molar-refractivity contribution in [3.8, 4) is 11.4 Å². The molecule has 0 aliphatic carbocycles. The van der Waals surface area contributed by atoms with Gasteiger partial charge in [0.05, 0.1) is 0 Å². The first-order chi connectivity index (χ1) is 10.8. The highest BCUT2D eigenvalue weighted by molar-refractivity contribution is 5.58. The molecule has 0 atom stereocenters. The molecule has 3 rings (SSSR count). The van der Waals surface area contributed by atoms with Crippen LogP contribution in [0.3, 0.4) is 0 Å². The van der Waals surface area contributed by atoms with Gasteiger partial charge in [0.25, 0.3) is 0 Å². The van der Waals surface area contributed by atoms with Crippen LogP contribution < -0.4 is 10.2 Å².